The smallest absolute Gasteiger partial charge is 0.311 e. The molecular formula is C16H15N3O4. The summed E-state index contributed by atoms with van der Waals surface area (Å²) in [6, 6.07) is 7.73. The molecule has 1 aromatic heterocycles. The number of hydrogen-bond acceptors (Lipinski definition) is 5. The number of phenols is 1. The minimum Gasteiger partial charge on any atom is -0.502 e. The van der Waals surface area contributed by atoms with Crippen molar-refractivity contribution in [3.8, 4) is 5.75 Å². The first-order chi connectivity index (χ1) is 11.1. The van der Waals surface area contributed by atoms with E-state index in [1.807, 2.05) is 12.1 Å². The van der Waals surface area contributed by atoms with E-state index in [-0.39, 0.29) is 11.6 Å². The SMILES string of the molecule is O=C(c1cccc([N+](=O)[O-])c1O)N(Cc1ccncc1)C1CC1. The lowest BCUT2D eigenvalue weighted by Crippen LogP contribution is -2.32. The summed E-state index contributed by atoms with van der Waals surface area (Å²) in [5.41, 5.74) is 0.417. The molecule has 118 valence electrons. The van der Waals surface area contributed by atoms with Gasteiger partial charge in [0.25, 0.3) is 5.91 Å². The molecule has 0 unspecified atom stereocenters. The van der Waals surface area contributed by atoms with Crippen LogP contribution in [0, 0.1) is 10.1 Å². The van der Waals surface area contributed by atoms with E-state index in [4.69, 9.17) is 0 Å². The van der Waals surface area contributed by atoms with Crippen molar-refractivity contribution in [3.05, 3.63) is 64.0 Å². The Morgan fingerprint density at radius 2 is 2.00 bits per heavy atom. The third-order valence-electron chi connectivity index (χ3n) is 3.79. The molecule has 0 radical (unpaired) electrons. The van der Waals surface area contributed by atoms with Gasteiger partial charge in [-0.05, 0) is 36.6 Å². The van der Waals surface area contributed by atoms with Gasteiger partial charge in [-0.25, -0.2) is 0 Å². The predicted molar refractivity (Wildman–Crippen MR) is 81.9 cm³/mol. The van der Waals surface area contributed by atoms with E-state index in [1.54, 1.807) is 17.3 Å². The fourth-order valence-corrected chi connectivity index (χ4v) is 2.44. The maximum Gasteiger partial charge on any atom is 0.311 e. The van der Waals surface area contributed by atoms with Gasteiger partial charge in [0.15, 0.2) is 0 Å². The summed E-state index contributed by atoms with van der Waals surface area (Å²) in [5.74, 6) is -0.978. The lowest BCUT2D eigenvalue weighted by molar-refractivity contribution is -0.385. The minimum atomic E-state index is -0.698. The number of nitrogens with zero attached hydrogens (tertiary/aromatic N) is 3. The quantitative estimate of drug-likeness (QED) is 0.675. The number of benzene rings is 1. The van der Waals surface area contributed by atoms with Gasteiger partial charge in [0.05, 0.1) is 10.5 Å². The molecule has 1 aromatic carbocycles. The molecule has 0 saturated heterocycles. The number of nitro groups is 1. The zero-order valence-electron chi connectivity index (χ0n) is 12.3. The Morgan fingerprint density at radius 1 is 1.30 bits per heavy atom. The maximum atomic E-state index is 12.8. The standard InChI is InChI=1S/C16H15N3O4/c20-15-13(2-1-3-14(15)19(22)23)16(21)18(12-4-5-12)10-11-6-8-17-9-7-11/h1-3,6-9,12,20H,4-5,10H2. The molecule has 1 N–H and O–H groups in total. The second-order valence-corrected chi connectivity index (χ2v) is 5.45. The summed E-state index contributed by atoms with van der Waals surface area (Å²) >= 11 is 0. The van der Waals surface area contributed by atoms with E-state index in [0.29, 0.717) is 6.54 Å². The van der Waals surface area contributed by atoms with Gasteiger partial charge in [-0.1, -0.05) is 6.07 Å². The summed E-state index contributed by atoms with van der Waals surface area (Å²) in [4.78, 5) is 28.6. The zero-order valence-corrected chi connectivity index (χ0v) is 12.3. The van der Waals surface area contributed by atoms with Gasteiger partial charge in [-0.2, -0.15) is 0 Å². The molecule has 7 heteroatoms. The molecule has 1 fully saturated rings. The maximum absolute atomic E-state index is 12.8. The van der Waals surface area contributed by atoms with Gasteiger partial charge in [0.2, 0.25) is 5.75 Å². The third-order valence-corrected chi connectivity index (χ3v) is 3.79. The number of phenolic OH excluding ortho intramolecular Hbond substituents is 1. The molecule has 0 atom stereocenters. The highest BCUT2D eigenvalue weighted by molar-refractivity contribution is 5.98. The average molecular weight is 313 g/mol. The van der Waals surface area contributed by atoms with Gasteiger partial charge in [-0.3, -0.25) is 19.9 Å². The zero-order chi connectivity index (χ0) is 16.4. The summed E-state index contributed by atoms with van der Waals surface area (Å²) in [6.07, 6.45) is 5.09. The van der Waals surface area contributed by atoms with E-state index >= 15 is 0 Å². The molecule has 2 aromatic rings. The number of amides is 1. The van der Waals surface area contributed by atoms with Crippen molar-refractivity contribution < 1.29 is 14.8 Å². The first kappa shape index (κ1) is 15.0. The van der Waals surface area contributed by atoms with Crippen molar-refractivity contribution in [2.45, 2.75) is 25.4 Å². The topological polar surface area (TPSA) is 96.6 Å². The summed E-state index contributed by atoms with van der Waals surface area (Å²) < 4.78 is 0. The van der Waals surface area contributed by atoms with E-state index < -0.39 is 22.3 Å². The van der Waals surface area contributed by atoms with Gasteiger partial charge < -0.3 is 10.0 Å². The summed E-state index contributed by atoms with van der Waals surface area (Å²) in [5, 5.41) is 21.0. The lowest BCUT2D eigenvalue weighted by atomic mass is 10.1. The first-order valence-electron chi connectivity index (χ1n) is 7.24. The fourth-order valence-electron chi connectivity index (χ4n) is 2.44. The fraction of sp³-hybridized carbons (Fsp3) is 0.250. The van der Waals surface area contributed by atoms with Crippen molar-refractivity contribution in [1.29, 1.82) is 0 Å². The van der Waals surface area contributed by atoms with Crippen LogP contribution in [0.3, 0.4) is 0 Å². The predicted octanol–water partition coefficient (Wildman–Crippen LogP) is 2.50. The van der Waals surface area contributed by atoms with Gasteiger partial charge >= 0.3 is 5.69 Å². The molecule has 1 amide bonds. The number of aromatic hydroxyl groups is 1. The molecule has 7 nitrogen and oxygen atoms in total. The van der Waals surface area contributed by atoms with Crippen molar-refractivity contribution in [2.24, 2.45) is 0 Å². The van der Waals surface area contributed by atoms with Crippen LogP contribution in [0.15, 0.2) is 42.7 Å². The molecule has 1 aliphatic carbocycles. The van der Waals surface area contributed by atoms with Gasteiger partial charge in [-0.15, -0.1) is 0 Å². The molecule has 1 saturated carbocycles. The van der Waals surface area contributed by atoms with Crippen molar-refractivity contribution in [3.63, 3.8) is 0 Å². The third kappa shape index (κ3) is 3.13. The second-order valence-electron chi connectivity index (χ2n) is 5.45. The highest BCUT2D eigenvalue weighted by Crippen LogP contribution is 2.34. The van der Waals surface area contributed by atoms with Gasteiger partial charge in [0.1, 0.15) is 0 Å². The number of para-hydroxylation sites is 1. The van der Waals surface area contributed by atoms with E-state index in [0.717, 1.165) is 18.4 Å². The molecule has 0 spiro atoms. The van der Waals surface area contributed by atoms with Crippen LogP contribution in [0.25, 0.3) is 0 Å². The Bertz CT molecular complexity index is 744. The van der Waals surface area contributed by atoms with Crippen LogP contribution in [0.5, 0.6) is 5.75 Å². The molecule has 1 aliphatic rings. The number of nitro benzene ring substituents is 1. The molecule has 3 rings (SSSR count). The largest absolute Gasteiger partial charge is 0.502 e. The van der Waals surface area contributed by atoms with E-state index in [9.17, 15) is 20.0 Å². The number of carbonyl (C=O) groups excluding carboxylic acids is 1. The number of rotatable bonds is 5. The van der Waals surface area contributed by atoms with Crippen LogP contribution < -0.4 is 0 Å². The van der Waals surface area contributed by atoms with Gasteiger partial charge in [0, 0.05) is 31.0 Å². The highest BCUT2D eigenvalue weighted by atomic mass is 16.6. The lowest BCUT2D eigenvalue weighted by Gasteiger charge is -2.23. The van der Waals surface area contributed by atoms with Crippen LogP contribution in [-0.2, 0) is 6.54 Å². The number of hydrogen-bond donors (Lipinski definition) is 1. The number of carbonyl (C=O) groups is 1. The monoisotopic (exact) mass is 313 g/mol. The molecule has 0 bridgehead atoms. The van der Waals surface area contributed by atoms with Crippen LogP contribution in [0.4, 0.5) is 5.69 Å². The van der Waals surface area contributed by atoms with Crippen molar-refractivity contribution in [2.75, 3.05) is 0 Å². The highest BCUT2D eigenvalue weighted by Gasteiger charge is 2.35. The normalized spacial score (nSPS) is 13.6. The summed E-state index contributed by atoms with van der Waals surface area (Å²) in [6.45, 7) is 0.383. The Balaban J connectivity index is 1.90. The Labute approximate surface area is 132 Å². The van der Waals surface area contributed by atoms with Crippen LogP contribution in [-0.4, -0.2) is 31.9 Å². The van der Waals surface area contributed by atoms with Crippen LogP contribution in [0.2, 0.25) is 0 Å². The van der Waals surface area contributed by atoms with Crippen molar-refractivity contribution in [1.82, 2.24) is 9.88 Å². The molecular weight excluding hydrogens is 298 g/mol. The van der Waals surface area contributed by atoms with Crippen LogP contribution in [0.1, 0.15) is 28.8 Å². The van der Waals surface area contributed by atoms with Crippen LogP contribution >= 0.6 is 0 Å². The Morgan fingerprint density at radius 3 is 2.61 bits per heavy atom. The number of pyridine rings is 1. The van der Waals surface area contributed by atoms with Crippen molar-refractivity contribution >= 4 is 11.6 Å². The molecule has 0 aliphatic heterocycles. The van der Waals surface area contributed by atoms with E-state index in [1.165, 1.54) is 18.2 Å². The summed E-state index contributed by atoms with van der Waals surface area (Å²) in [7, 11) is 0. The second kappa shape index (κ2) is 6.04. The first-order valence-corrected chi connectivity index (χ1v) is 7.24. The average Bonchev–Trinajstić information content (AvgIpc) is 3.38. The molecule has 23 heavy (non-hydrogen) atoms. The minimum absolute atomic E-state index is 0.0415. The molecule has 1 heterocycles. The number of aromatic nitrogens is 1. The Hall–Kier alpha value is -2.96. The Kier molecular flexibility index (Phi) is 3.92. The van der Waals surface area contributed by atoms with E-state index in [2.05, 4.69) is 4.98 Å².